The minimum atomic E-state index is -0.315. The number of hydrogen-bond acceptors (Lipinski definition) is 4. The lowest BCUT2D eigenvalue weighted by atomic mass is 9.99. The van der Waals surface area contributed by atoms with E-state index in [2.05, 4.69) is 22.5 Å². The van der Waals surface area contributed by atoms with Gasteiger partial charge in [0.05, 0.1) is 12.2 Å². The third-order valence-corrected chi connectivity index (χ3v) is 5.06. The molecule has 1 saturated heterocycles. The van der Waals surface area contributed by atoms with Crippen molar-refractivity contribution in [1.82, 2.24) is 10.2 Å². The quantitative estimate of drug-likeness (QED) is 0.430. The van der Waals surface area contributed by atoms with Crippen molar-refractivity contribution in [3.63, 3.8) is 0 Å². The predicted octanol–water partition coefficient (Wildman–Crippen LogP) is 3.58. The smallest absolute Gasteiger partial charge is 0.338 e. The Bertz CT molecular complexity index is 613. The Morgan fingerprint density at radius 1 is 1.35 bits per heavy atom. The van der Waals surface area contributed by atoms with Gasteiger partial charge in [-0.05, 0) is 88.6 Å². The molecule has 1 heterocycles. The van der Waals surface area contributed by atoms with Gasteiger partial charge in [0.2, 0.25) is 0 Å². The number of hydrogen-bond donors (Lipinski definition) is 2. The van der Waals surface area contributed by atoms with Gasteiger partial charge in [0.25, 0.3) is 0 Å². The van der Waals surface area contributed by atoms with Crippen molar-refractivity contribution in [2.45, 2.75) is 40.0 Å². The first-order valence-corrected chi connectivity index (χ1v) is 9.95. The normalized spacial score (nSPS) is 15.5. The molecule has 26 heavy (non-hydrogen) atoms. The minimum absolute atomic E-state index is 0.315. The van der Waals surface area contributed by atoms with Crippen LogP contribution in [0.15, 0.2) is 18.2 Å². The third kappa shape index (κ3) is 6.57. The van der Waals surface area contributed by atoms with E-state index in [1.165, 1.54) is 25.9 Å². The molecule has 0 amide bonds. The number of aryl methyl sites for hydroxylation is 1. The van der Waals surface area contributed by atoms with E-state index in [9.17, 15) is 4.79 Å². The number of thiocarbonyl (C=S) groups is 1. The summed E-state index contributed by atoms with van der Waals surface area (Å²) in [6.45, 7) is 10.9. The average molecular weight is 378 g/mol. The van der Waals surface area contributed by atoms with E-state index in [1.54, 1.807) is 19.1 Å². The monoisotopic (exact) mass is 377 g/mol. The Labute approximate surface area is 162 Å². The number of benzene rings is 1. The Balaban J connectivity index is 1.75. The third-order valence-electron chi connectivity index (χ3n) is 4.81. The maximum Gasteiger partial charge on any atom is 0.338 e. The summed E-state index contributed by atoms with van der Waals surface area (Å²) in [6.07, 6.45) is 3.69. The SMILES string of the molecule is CCOC(=O)c1ccc(C)c(NC(=S)NCCCN2CCC(C)CC2)c1. The number of piperidine rings is 1. The summed E-state index contributed by atoms with van der Waals surface area (Å²) in [5, 5.41) is 7.03. The Morgan fingerprint density at radius 2 is 2.08 bits per heavy atom. The first-order chi connectivity index (χ1) is 12.5. The Kier molecular flexibility index (Phi) is 8.32. The Morgan fingerprint density at radius 3 is 2.77 bits per heavy atom. The van der Waals surface area contributed by atoms with E-state index in [4.69, 9.17) is 17.0 Å². The lowest BCUT2D eigenvalue weighted by molar-refractivity contribution is 0.0526. The van der Waals surface area contributed by atoms with Crippen LogP contribution in [0.5, 0.6) is 0 Å². The number of carbonyl (C=O) groups is 1. The molecule has 1 aliphatic rings. The van der Waals surface area contributed by atoms with Crippen molar-refractivity contribution in [1.29, 1.82) is 0 Å². The Hall–Kier alpha value is -1.66. The zero-order valence-corrected chi connectivity index (χ0v) is 17.0. The maximum absolute atomic E-state index is 11.9. The van der Waals surface area contributed by atoms with E-state index in [1.807, 2.05) is 13.0 Å². The molecule has 1 aliphatic heterocycles. The van der Waals surface area contributed by atoms with Gasteiger partial charge >= 0.3 is 5.97 Å². The molecule has 0 unspecified atom stereocenters. The maximum atomic E-state index is 11.9. The molecule has 1 fully saturated rings. The molecule has 5 nitrogen and oxygen atoms in total. The lowest BCUT2D eigenvalue weighted by Crippen LogP contribution is -2.36. The number of rotatable bonds is 7. The fourth-order valence-corrected chi connectivity index (χ4v) is 3.27. The highest BCUT2D eigenvalue weighted by Crippen LogP contribution is 2.18. The van der Waals surface area contributed by atoms with Crippen LogP contribution in [0.3, 0.4) is 0 Å². The van der Waals surface area contributed by atoms with Crippen LogP contribution in [0.4, 0.5) is 5.69 Å². The minimum Gasteiger partial charge on any atom is -0.462 e. The van der Waals surface area contributed by atoms with Gasteiger partial charge in [-0.25, -0.2) is 4.79 Å². The summed E-state index contributed by atoms with van der Waals surface area (Å²) in [5.74, 6) is 0.556. The van der Waals surface area contributed by atoms with Gasteiger partial charge in [0.1, 0.15) is 0 Å². The van der Waals surface area contributed by atoms with Crippen molar-refractivity contribution in [3.05, 3.63) is 29.3 Å². The van der Waals surface area contributed by atoms with Gasteiger partial charge in [0, 0.05) is 12.2 Å². The van der Waals surface area contributed by atoms with E-state index in [0.717, 1.165) is 36.7 Å². The summed E-state index contributed by atoms with van der Waals surface area (Å²) in [6, 6.07) is 5.46. The zero-order valence-electron chi connectivity index (χ0n) is 16.1. The van der Waals surface area contributed by atoms with E-state index in [-0.39, 0.29) is 5.97 Å². The molecule has 0 bridgehead atoms. The van der Waals surface area contributed by atoms with Crippen LogP contribution in [0.1, 0.15) is 49.0 Å². The molecule has 0 aromatic heterocycles. The molecule has 6 heteroatoms. The number of nitrogens with one attached hydrogen (secondary N) is 2. The molecular formula is C20H31N3O2S. The van der Waals surface area contributed by atoms with E-state index in [0.29, 0.717) is 17.3 Å². The van der Waals surface area contributed by atoms with Crippen molar-refractivity contribution in [3.8, 4) is 0 Å². The van der Waals surface area contributed by atoms with Gasteiger partial charge in [-0.2, -0.15) is 0 Å². The largest absolute Gasteiger partial charge is 0.462 e. The number of ether oxygens (including phenoxy) is 1. The molecule has 1 aromatic rings. The van der Waals surface area contributed by atoms with Crippen LogP contribution in [0, 0.1) is 12.8 Å². The summed E-state index contributed by atoms with van der Waals surface area (Å²) >= 11 is 5.39. The second-order valence-electron chi connectivity index (χ2n) is 7.01. The van der Waals surface area contributed by atoms with E-state index < -0.39 is 0 Å². The summed E-state index contributed by atoms with van der Waals surface area (Å²) in [7, 11) is 0. The van der Waals surface area contributed by atoms with Crippen molar-refractivity contribution < 1.29 is 9.53 Å². The molecular weight excluding hydrogens is 346 g/mol. The van der Waals surface area contributed by atoms with Crippen LogP contribution < -0.4 is 10.6 Å². The number of esters is 1. The molecule has 144 valence electrons. The van der Waals surface area contributed by atoms with Gasteiger partial charge in [0.15, 0.2) is 5.11 Å². The highest BCUT2D eigenvalue weighted by atomic mass is 32.1. The number of anilines is 1. The molecule has 0 spiro atoms. The molecule has 0 aliphatic carbocycles. The van der Waals surface area contributed by atoms with Crippen molar-refractivity contribution >= 4 is 29.0 Å². The molecule has 2 rings (SSSR count). The highest BCUT2D eigenvalue weighted by molar-refractivity contribution is 7.80. The number of carbonyl (C=O) groups excluding carboxylic acids is 1. The summed E-state index contributed by atoms with van der Waals surface area (Å²) in [4.78, 5) is 14.4. The van der Waals surface area contributed by atoms with Crippen molar-refractivity contribution in [2.75, 3.05) is 38.1 Å². The summed E-state index contributed by atoms with van der Waals surface area (Å²) < 4.78 is 5.05. The molecule has 2 N–H and O–H groups in total. The van der Waals surface area contributed by atoms with Crippen LogP contribution in [-0.2, 0) is 4.74 Å². The zero-order chi connectivity index (χ0) is 18.9. The highest BCUT2D eigenvalue weighted by Gasteiger charge is 2.15. The van der Waals surface area contributed by atoms with Crippen LogP contribution in [0.2, 0.25) is 0 Å². The lowest BCUT2D eigenvalue weighted by Gasteiger charge is -2.30. The topological polar surface area (TPSA) is 53.6 Å². The summed E-state index contributed by atoms with van der Waals surface area (Å²) in [5.41, 5.74) is 2.39. The van der Waals surface area contributed by atoms with Gasteiger partial charge in [-0.1, -0.05) is 13.0 Å². The van der Waals surface area contributed by atoms with Crippen LogP contribution in [-0.4, -0.2) is 48.8 Å². The van der Waals surface area contributed by atoms with Gasteiger partial charge in [-0.3, -0.25) is 0 Å². The fraction of sp³-hybridized carbons (Fsp3) is 0.600. The molecule has 1 aromatic carbocycles. The van der Waals surface area contributed by atoms with Crippen molar-refractivity contribution in [2.24, 2.45) is 5.92 Å². The standard InChI is InChI=1S/C20H31N3O2S/c1-4-25-19(24)17-7-6-16(3)18(14-17)22-20(26)21-10-5-11-23-12-8-15(2)9-13-23/h6-7,14-15H,4-5,8-13H2,1-3H3,(H2,21,22,26). The fourth-order valence-electron chi connectivity index (χ4n) is 3.05. The van der Waals surface area contributed by atoms with E-state index >= 15 is 0 Å². The second-order valence-corrected chi connectivity index (χ2v) is 7.42. The molecule has 0 saturated carbocycles. The first-order valence-electron chi connectivity index (χ1n) is 9.54. The number of likely N-dealkylation sites (tertiary alicyclic amines) is 1. The predicted molar refractivity (Wildman–Crippen MR) is 111 cm³/mol. The van der Waals surface area contributed by atoms with Gasteiger partial charge < -0.3 is 20.3 Å². The van der Waals surface area contributed by atoms with Gasteiger partial charge in [-0.15, -0.1) is 0 Å². The molecule has 0 atom stereocenters. The first kappa shape index (κ1) is 20.6. The second kappa shape index (κ2) is 10.5. The van der Waals surface area contributed by atoms with Crippen LogP contribution in [0.25, 0.3) is 0 Å². The molecule has 0 radical (unpaired) electrons. The van der Waals surface area contributed by atoms with Crippen LogP contribution >= 0.6 is 12.2 Å². The average Bonchev–Trinajstić information content (AvgIpc) is 2.62. The number of nitrogens with zero attached hydrogens (tertiary/aromatic N) is 1.